The van der Waals surface area contributed by atoms with Gasteiger partial charge in [-0.2, -0.15) is 0 Å². The van der Waals surface area contributed by atoms with Crippen molar-refractivity contribution in [2.24, 2.45) is 0 Å². The highest BCUT2D eigenvalue weighted by atomic mass is 16.5. The molecular weight excluding hydrogens is 278 g/mol. The third-order valence-corrected chi connectivity index (χ3v) is 3.23. The van der Waals surface area contributed by atoms with Crippen molar-refractivity contribution in [1.29, 1.82) is 0 Å². The molecule has 2 N–H and O–H groups in total. The van der Waals surface area contributed by atoms with E-state index in [1.165, 1.54) is 6.08 Å². The molecule has 0 aliphatic carbocycles. The van der Waals surface area contributed by atoms with Gasteiger partial charge in [0.2, 0.25) is 0 Å². The van der Waals surface area contributed by atoms with Crippen LogP contribution < -0.4 is 10.1 Å². The first-order valence-corrected chi connectivity index (χ1v) is 6.99. The summed E-state index contributed by atoms with van der Waals surface area (Å²) in [6.07, 6.45) is 2.54. The van der Waals surface area contributed by atoms with Crippen molar-refractivity contribution in [3.8, 4) is 5.75 Å². The number of hydrogen-bond acceptors (Lipinski definition) is 4. The third-order valence-electron chi connectivity index (χ3n) is 3.23. The van der Waals surface area contributed by atoms with Gasteiger partial charge in [0, 0.05) is 23.5 Å². The molecule has 2 aromatic carbocycles. The Hall–Kier alpha value is -2.59. The van der Waals surface area contributed by atoms with Gasteiger partial charge in [-0.15, -0.1) is 0 Å². The lowest BCUT2D eigenvalue weighted by Gasteiger charge is -2.07. The number of ketones is 1. The standard InChI is InChI=1S/C18H19NO3/c1-13(20)15-4-3-5-16(12-15)19-11-10-18(21)14-6-8-17(22-2)9-7-14/h3-13,19-20H,1-2H3. The van der Waals surface area contributed by atoms with Crippen LogP contribution in [0, 0.1) is 0 Å². The number of rotatable bonds is 6. The van der Waals surface area contributed by atoms with Crippen LogP contribution in [0.3, 0.4) is 0 Å². The van der Waals surface area contributed by atoms with E-state index in [1.807, 2.05) is 24.3 Å². The Bertz CT molecular complexity index is 660. The van der Waals surface area contributed by atoms with Crippen molar-refractivity contribution in [2.75, 3.05) is 12.4 Å². The topological polar surface area (TPSA) is 58.6 Å². The van der Waals surface area contributed by atoms with Gasteiger partial charge in [-0.3, -0.25) is 4.79 Å². The number of benzene rings is 2. The molecule has 0 saturated carbocycles. The van der Waals surface area contributed by atoms with Gasteiger partial charge < -0.3 is 15.2 Å². The number of aliphatic hydroxyl groups excluding tert-OH is 1. The van der Waals surface area contributed by atoms with Crippen LogP contribution in [-0.4, -0.2) is 18.0 Å². The lowest BCUT2D eigenvalue weighted by molar-refractivity contribution is 0.104. The van der Waals surface area contributed by atoms with E-state index in [2.05, 4.69) is 5.32 Å². The minimum Gasteiger partial charge on any atom is -0.497 e. The molecule has 1 unspecified atom stereocenters. The Balaban J connectivity index is 1.99. The Morgan fingerprint density at radius 2 is 1.95 bits per heavy atom. The third kappa shape index (κ3) is 4.20. The van der Waals surface area contributed by atoms with Gasteiger partial charge >= 0.3 is 0 Å². The van der Waals surface area contributed by atoms with Gasteiger partial charge in [0.1, 0.15) is 5.75 Å². The van der Waals surface area contributed by atoms with Gasteiger partial charge in [-0.05, 0) is 48.9 Å². The van der Waals surface area contributed by atoms with Crippen LogP contribution in [0.2, 0.25) is 0 Å². The van der Waals surface area contributed by atoms with E-state index in [1.54, 1.807) is 44.5 Å². The lowest BCUT2D eigenvalue weighted by Crippen LogP contribution is -1.97. The van der Waals surface area contributed by atoms with Gasteiger partial charge in [0.15, 0.2) is 5.78 Å². The van der Waals surface area contributed by atoms with Crippen molar-refractivity contribution >= 4 is 11.5 Å². The molecule has 0 bridgehead atoms. The number of methoxy groups -OCH3 is 1. The summed E-state index contributed by atoms with van der Waals surface area (Å²) in [5, 5.41) is 12.6. The first-order chi connectivity index (χ1) is 10.6. The number of ether oxygens (including phenoxy) is 1. The van der Waals surface area contributed by atoms with E-state index < -0.39 is 6.10 Å². The number of nitrogens with one attached hydrogen (secondary N) is 1. The average molecular weight is 297 g/mol. The number of allylic oxidation sites excluding steroid dienone is 1. The summed E-state index contributed by atoms with van der Waals surface area (Å²) in [6, 6.07) is 14.4. The van der Waals surface area contributed by atoms with E-state index in [4.69, 9.17) is 4.74 Å². The molecule has 0 aliphatic rings. The van der Waals surface area contributed by atoms with Gasteiger partial charge in [-0.25, -0.2) is 0 Å². The second-order valence-electron chi connectivity index (χ2n) is 4.87. The zero-order valence-electron chi connectivity index (χ0n) is 12.6. The number of carbonyl (C=O) groups is 1. The Kier molecular flexibility index (Phi) is 5.33. The molecule has 2 rings (SSSR count). The number of carbonyl (C=O) groups excluding carboxylic acids is 1. The van der Waals surface area contributed by atoms with E-state index in [-0.39, 0.29) is 5.78 Å². The molecule has 0 heterocycles. The molecule has 0 aromatic heterocycles. The summed E-state index contributed by atoms with van der Waals surface area (Å²) in [7, 11) is 1.59. The smallest absolute Gasteiger partial charge is 0.187 e. The summed E-state index contributed by atoms with van der Waals surface area (Å²) >= 11 is 0. The second-order valence-corrected chi connectivity index (χ2v) is 4.87. The predicted octanol–water partition coefficient (Wildman–Crippen LogP) is 3.56. The Morgan fingerprint density at radius 3 is 2.59 bits per heavy atom. The highest BCUT2D eigenvalue weighted by Crippen LogP contribution is 2.17. The van der Waals surface area contributed by atoms with E-state index in [0.717, 1.165) is 11.3 Å². The minimum absolute atomic E-state index is 0.0955. The second kappa shape index (κ2) is 7.43. The zero-order valence-corrected chi connectivity index (χ0v) is 12.6. The van der Waals surface area contributed by atoms with Gasteiger partial charge in [0.25, 0.3) is 0 Å². The predicted molar refractivity (Wildman–Crippen MR) is 87.2 cm³/mol. The van der Waals surface area contributed by atoms with Crippen LogP contribution >= 0.6 is 0 Å². The number of hydrogen-bond donors (Lipinski definition) is 2. The van der Waals surface area contributed by atoms with Crippen LogP contribution in [-0.2, 0) is 0 Å². The van der Waals surface area contributed by atoms with E-state index in [9.17, 15) is 9.90 Å². The highest BCUT2D eigenvalue weighted by Gasteiger charge is 2.02. The van der Waals surface area contributed by atoms with Gasteiger partial charge in [0.05, 0.1) is 13.2 Å². The molecule has 4 heteroatoms. The first kappa shape index (κ1) is 15.8. The maximum Gasteiger partial charge on any atom is 0.187 e. The van der Waals surface area contributed by atoms with Crippen LogP contribution in [0.1, 0.15) is 28.9 Å². The average Bonchev–Trinajstić information content (AvgIpc) is 2.55. The summed E-state index contributed by atoms with van der Waals surface area (Å²) in [5.74, 6) is 0.621. The first-order valence-electron chi connectivity index (χ1n) is 6.99. The summed E-state index contributed by atoms with van der Waals surface area (Å²) in [5.41, 5.74) is 2.23. The number of aliphatic hydroxyl groups is 1. The monoisotopic (exact) mass is 297 g/mol. The molecule has 114 valence electrons. The van der Waals surface area contributed by atoms with Crippen LogP contribution in [0.25, 0.3) is 0 Å². The van der Waals surface area contributed by atoms with E-state index in [0.29, 0.717) is 11.3 Å². The molecule has 0 saturated heterocycles. The van der Waals surface area contributed by atoms with Gasteiger partial charge in [-0.1, -0.05) is 12.1 Å². The quantitative estimate of drug-likeness (QED) is 0.632. The molecule has 0 amide bonds. The highest BCUT2D eigenvalue weighted by molar-refractivity contribution is 6.04. The molecule has 1 atom stereocenters. The fourth-order valence-electron chi connectivity index (χ4n) is 1.95. The van der Waals surface area contributed by atoms with Crippen molar-refractivity contribution in [3.05, 3.63) is 71.9 Å². The fourth-order valence-corrected chi connectivity index (χ4v) is 1.95. The van der Waals surface area contributed by atoms with Crippen molar-refractivity contribution < 1.29 is 14.6 Å². The minimum atomic E-state index is -0.522. The Morgan fingerprint density at radius 1 is 1.23 bits per heavy atom. The lowest BCUT2D eigenvalue weighted by atomic mass is 10.1. The summed E-state index contributed by atoms with van der Waals surface area (Å²) in [4.78, 5) is 12.0. The number of anilines is 1. The molecular formula is C18H19NO3. The van der Waals surface area contributed by atoms with Crippen molar-refractivity contribution in [3.63, 3.8) is 0 Å². The SMILES string of the molecule is COc1ccc(C(=O)C=CNc2cccc(C(C)O)c2)cc1. The molecule has 0 aliphatic heterocycles. The normalized spacial score (nSPS) is 12.1. The van der Waals surface area contributed by atoms with Crippen LogP contribution in [0.15, 0.2) is 60.8 Å². The maximum atomic E-state index is 12.0. The van der Waals surface area contributed by atoms with Crippen molar-refractivity contribution in [1.82, 2.24) is 0 Å². The molecule has 0 spiro atoms. The maximum absolute atomic E-state index is 12.0. The zero-order chi connectivity index (χ0) is 15.9. The van der Waals surface area contributed by atoms with E-state index >= 15 is 0 Å². The van der Waals surface area contributed by atoms with Crippen LogP contribution in [0.4, 0.5) is 5.69 Å². The summed E-state index contributed by atoms with van der Waals surface area (Å²) in [6.45, 7) is 1.71. The fraction of sp³-hybridized carbons (Fsp3) is 0.167. The van der Waals surface area contributed by atoms with Crippen LogP contribution in [0.5, 0.6) is 5.75 Å². The molecule has 4 nitrogen and oxygen atoms in total. The molecule has 0 radical (unpaired) electrons. The van der Waals surface area contributed by atoms with Crippen molar-refractivity contribution in [2.45, 2.75) is 13.0 Å². The largest absolute Gasteiger partial charge is 0.497 e. The Labute approximate surface area is 130 Å². The molecule has 2 aromatic rings. The molecule has 22 heavy (non-hydrogen) atoms. The summed E-state index contributed by atoms with van der Waals surface area (Å²) < 4.78 is 5.06. The molecule has 0 fully saturated rings.